The van der Waals surface area contributed by atoms with Crippen molar-refractivity contribution in [2.45, 2.75) is 59.6 Å². The van der Waals surface area contributed by atoms with Crippen LogP contribution < -0.4 is 4.90 Å². The van der Waals surface area contributed by atoms with Crippen molar-refractivity contribution in [1.82, 2.24) is 24.5 Å². The van der Waals surface area contributed by atoms with Crippen LogP contribution in [-0.2, 0) is 16.1 Å². The highest BCUT2D eigenvalue weighted by Gasteiger charge is 2.42. The number of likely N-dealkylation sites (tertiary alicyclic amines) is 3. The number of ether oxygens (including phenoxy) is 1. The van der Waals surface area contributed by atoms with E-state index in [4.69, 9.17) is 21.4 Å². The Morgan fingerprint density at radius 1 is 0.938 bits per heavy atom. The molecule has 3 fully saturated rings. The van der Waals surface area contributed by atoms with Crippen molar-refractivity contribution in [3.05, 3.63) is 81.6 Å². The summed E-state index contributed by atoms with van der Waals surface area (Å²) in [5.41, 5.74) is 5.27. The van der Waals surface area contributed by atoms with Crippen molar-refractivity contribution in [3.63, 3.8) is 0 Å². The highest BCUT2D eigenvalue weighted by Crippen LogP contribution is 2.33. The Kier molecular flexibility index (Phi) is 10.4. The van der Waals surface area contributed by atoms with Crippen LogP contribution in [0.2, 0.25) is 5.02 Å². The van der Waals surface area contributed by atoms with Gasteiger partial charge in [-0.2, -0.15) is 5.10 Å². The number of halogens is 1. The number of benzene rings is 2. The molecule has 2 unspecified atom stereocenters. The number of amides is 3. The highest BCUT2D eigenvalue weighted by atomic mass is 35.5. The largest absolute Gasteiger partial charge is 0.446 e. The fourth-order valence-electron chi connectivity index (χ4n) is 7.54. The Morgan fingerprint density at radius 3 is 2.27 bits per heavy atom. The van der Waals surface area contributed by atoms with Crippen LogP contribution in [0.15, 0.2) is 48.5 Å². The van der Waals surface area contributed by atoms with Crippen molar-refractivity contribution in [3.8, 4) is 0 Å². The molecule has 3 amide bonds. The second-order valence-corrected chi connectivity index (χ2v) is 14.1. The first-order valence-corrected chi connectivity index (χ1v) is 17.5. The van der Waals surface area contributed by atoms with Gasteiger partial charge in [0.2, 0.25) is 5.91 Å². The van der Waals surface area contributed by atoms with Gasteiger partial charge < -0.3 is 19.4 Å². The van der Waals surface area contributed by atoms with E-state index < -0.39 is 0 Å². The molecular weight excluding hydrogens is 628 g/mol. The minimum Gasteiger partial charge on any atom is -0.446 e. The van der Waals surface area contributed by atoms with E-state index in [1.807, 2.05) is 66.8 Å². The average Bonchev–Trinajstić information content (AvgIpc) is 3.72. The van der Waals surface area contributed by atoms with Crippen LogP contribution in [0.25, 0.3) is 0 Å². The maximum atomic E-state index is 13.7. The monoisotopic (exact) mass is 674 g/mol. The van der Waals surface area contributed by atoms with Gasteiger partial charge in [-0.05, 0) is 68.8 Å². The first-order chi connectivity index (χ1) is 23.1. The number of nitrogens with zero attached hydrogens (tertiary/aromatic N) is 6. The molecule has 10 nitrogen and oxygen atoms in total. The molecular formula is C37H47ClN6O4. The molecule has 3 aromatic rings. The van der Waals surface area contributed by atoms with Crippen molar-refractivity contribution >= 4 is 35.2 Å². The summed E-state index contributed by atoms with van der Waals surface area (Å²) in [4.78, 5) is 46.9. The van der Waals surface area contributed by atoms with Crippen LogP contribution in [-0.4, -0.2) is 101 Å². The molecule has 0 N–H and O–H groups in total. The lowest BCUT2D eigenvalue weighted by Gasteiger charge is -2.32. The molecule has 0 aliphatic carbocycles. The number of anilines is 1. The summed E-state index contributed by atoms with van der Waals surface area (Å²) in [6.07, 6.45) is 1.47. The van der Waals surface area contributed by atoms with Gasteiger partial charge >= 0.3 is 6.09 Å². The van der Waals surface area contributed by atoms with Gasteiger partial charge in [-0.3, -0.25) is 19.2 Å². The molecule has 4 heterocycles. The summed E-state index contributed by atoms with van der Waals surface area (Å²) < 4.78 is 7.90. The number of rotatable bonds is 9. The Balaban J connectivity index is 1.02. The molecule has 3 saturated heterocycles. The van der Waals surface area contributed by atoms with E-state index in [0.717, 1.165) is 72.9 Å². The molecule has 11 heteroatoms. The first-order valence-electron chi connectivity index (χ1n) is 17.2. The summed E-state index contributed by atoms with van der Waals surface area (Å²) in [6, 6.07) is 15.9. The minimum atomic E-state index is -0.374. The molecule has 1 aromatic heterocycles. The Morgan fingerprint density at radius 2 is 1.62 bits per heavy atom. The van der Waals surface area contributed by atoms with Crippen LogP contribution in [0, 0.1) is 32.6 Å². The second-order valence-electron chi connectivity index (χ2n) is 13.7. The third-order valence-corrected chi connectivity index (χ3v) is 10.7. The topological polar surface area (TPSA) is 91.2 Å². The molecule has 0 saturated carbocycles. The normalized spacial score (nSPS) is 19.9. The van der Waals surface area contributed by atoms with Gasteiger partial charge in [-0.15, -0.1) is 0 Å². The van der Waals surface area contributed by atoms with Crippen LogP contribution in [0.5, 0.6) is 0 Å². The summed E-state index contributed by atoms with van der Waals surface area (Å²) in [5.74, 6) is 1.01. The van der Waals surface area contributed by atoms with Crippen molar-refractivity contribution in [1.29, 1.82) is 0 Å². The summed E-state index contributed by atoms with van der Waals surface area (Å²) >= 11 is 6.46. The predicted octanol–water partition coefficient (Wildman–Crippen LogP) is 5.56. The number of aromatic nitrogens is 2. The third-order valence-electron chi connectivity index (χ3n) is 10.3. The van der Waals surface area contributed by atoms with Gasteiger partial charge in [0.05, 0.1) is 17.8 Å². The molecule has 3 aliphatic rings. The maximum Gasteiger partial charge on any atom is 0.414 e. The zero-order chi connectivity index (χ0) is 33.9. The highest BCUT2D eigenvalue weighted by molar-refractivity contribution is 6.31. The SMILES string of the molecule is CC(=O)N1CCC(OC(=O)N(CCCN2CC3CN(C(=O)c4c(C)nn(Cc5ccccc5)c4C)CC3C2)c2ccc(C)c(Cl)c2)CC1. The lowest BCUT2D eigenvalue weighted by atomic mass is 10.0. The van der Waals surface area contributed by atoms with E-state index in [1.165, 1.54) is 0 Å². The minimum absolute atomic E-state index is 0.0535. The zero-order valence-corrected chi connectivity index (χ0v) is 29.3. The molecule has 256 valence electrons. The van der Waals surface area contributed by atoms with Crippen molar-refractivity contribution in [2.75, 3.05) is 57.3 Å². The number of aryl methyl sites for hydroxylation is 2. The number of carbonyl (C=O) groups excluding carboxylic acids is 3. The lowest BCUT2D eigenvalue weighted by molar-refractivity contribution is -0.130. The zero-order valence-electron chi connectivity index (χ0n) is 28.5. The molecule has 0 bridgehead atoms. The number of hydrogen-bond acceptors (Lipinski definition) is 6. The molecule has 6 rings (SSSR count). The van der Waals surface area contributed by atoms with E-state index in [2.05, 4.69) is 17.0 Å². The standard InChI is InChI=1S/C37H47ClN6O4/c1-25-11-12-32(19-34(25)38)43(37(47)48-33-13-17-41(18-14-33)28(4)45)16-8-15-40-21-30-23-42(24-31(30)22-40)36(46)35-26(2)39-44(27(35)3)20-29-9-6-5-7-10-29/h5-7,9-12,19,30-31,33H,8,13-18,20-24H2,1-4H3. The van der Waals surface area contributed by atoms with Crippen LogP contribution in [0.4, 0.5) is 10.5 Å². The summed E-state index contributed by atoms with van der Waals surface area (Å²) in [7, 11) is 0. The van der Waals surface area contributed by atoms with Gasteiger partial charge in [0.1, 0.15) is 6.10 Å². The van der Waals surface area contributed by atoms with Crippen molar-refractivity contribution < 1.29 is 19.1 Å². The first kappa shape index (κ1) is 34.0. The van der Waals surface area contributed by atoms with Crippen molar-refractivity contribution in [2.24, 2.45) is 11.8 Å². The lowest BCUT2D eigenvalue weighted by Crippen LogP contribution is -2.43. The number of carbonyl (C=O) groups is 3. The third kappa shape index (κ3) is 7.55. The molecule has 2 atom stereocenters. The molecule has 0 spiro atoms. The summed E-state index contributed by atoms with van der Waals surface area (Å²) in [5, 5.41) is 5.33. The second kappa shape index (κ2) is 14.7. The number of fused-ring (bicyclic) bond motifs is 1. The summed E-state index contributed by atoms with van der Waals surface area (Å²) in [6.45, 7) is 14.0. The molecule has 0 radical (unpaired) electrons. The van der Waals surface area contributed by atoms with E-state index in [1.54, 1.807) is 16.7 Å². The van der Waals surface area contributed by atoms with Gasteiger partial charge in [0, 0.05) is 82.0 Å². The number of hydrogen-bond donors (Lipinski definition) is 0. The van der Waals surface area contributed by atoms with Gasteiger partial charge in [0.25, 0.3) is 5.91 Å². The predicted molar refractivity (Wildman–Crippen MR) is 186 cm³/mol. The fraction of sp³-hybridized carbons (Fsp3) is 0.514. The van der Waals surface area contributed by atoms with Crippen LogP contribution >= 0.6 is 11.6 Å². The Hall–Kier alpha value is -3.89. The smallest absolute Gasteiger partial charge is 0.414 e. The van der Waals surface area contributed by atoms with Crippen LogP contribution in [0.3, 0.4) is 0 Å². The Bertz CT molecular complexity index is 1620. The molecule has 3 aliphatic heterocycles. The van der Waals surface area contributed by atoms with Gasteiger partial charge in [0.15, 0.2) is 0 Å². The number of piperidine rings is 1. The van der Waals surface area contributed by atoms with E-state index in [9.17, 15) is 14.4 Å². The quantitative estimate of drug-likeness (QED) is 0.295. The van der Waals surface area contributed by atoms with Crippen LogP contribution in [0.1, 0.15) is 59.1 Å². The maximum absolute atomic E-state index is 13.7. The van der Waals surface area contributed by atoms with Gasteiger partial charge in [-0.25, -0.2) is 4.79 Å². The Labute approximate surface area is 288 Å². The molecule has 48 heavy (non-hydrogen) atoms. The molecule has 2 aromatic carbocycles. The van der Waals surface area contributed by atoms with E-state index in [0.29, 0.717) is 55.9 Å². The van der Waals surface area contributed by atoms with Gasteiger partial charge in [-0.1, -0.05) is 48.0 Å². The van der Waals surface area contributed by atoms with E-state index >= 15 is 0 Å². The van der Waals surface area contributed by atoms with E-state index in [-0.39, 0.29) is 24.0 Å². The average molecular weight is 675 g/mol. The fourth-order valence-corrected chi connectivity index (χ4v) is 7.71.